The third-order valence-electron chi connectivity index (χ3n) is 5.70. The Hall–Kier alpha value is -0.610. The molecule has 2 aliphatic rings. The minimum absolute atomic E-state index is 0.00110. The zero-order chi connectivity index (χ0) is 17.9. The van der Waals surface area contributed by atoms with E-state index in [0.29, 0.717) is 6.42 Å². The summed E-state index contributed by atoms with van der Waals surface area (Å²) >= 11 is 0. The van der Waals surface area contributed by atoms with Crippen molar-refractivity contribution in [2.45, 2.75) is 128 Å². The molecule has 146 valence electrons. The molecule has 1 N–H and O–H groups in total. The van der Waals surface area contributed by atoms with Crippen LogP contribution < -0.4 is 0 Å². The van der Waals surface area contributed by atoms with Crippen molar-refractivity contribution in [1.29, 1.82) is 0 Å². The van der Waals surface area contributed by atoms with Gasteiger partial charge in [-0.1, -0.05) is 71.1 Å². The van der Waals surface area contributed by atoms with E-state index in [-0.39, 0.29) is 30.4 Å². The van der Waals surface area contributed by atoms with Crippen molar-refractivity contribution < 1.29 is 19.4 Å². The van der Waals surface area contributed by atoms with Crippen LogP contribution in [0.2, 0.25) is 0 Å². The lowest BCUT2D eigenvalue weighted by Crippen LogP contribution is -2.30. The van der Waals surface area contributed by atoms with Crippen LogP contribution in [0.4, 0.5) is 0 Å². The summed E-state index contributed by atoms with van der Waals surface area (Å²) < 4.78 is 11.3. The Morgan fingerprint density at radius 3 is 2.16 bits per heavy atom. The smallest absolute Gasteiger partial charge is 0.306 e. The number of esters is 1. The molecule has 2 fully saturated rings. The summed E-state index contributed by atoms with van der Waals surface area (Å²) in [5.41, 5.74) is 0. The van der Waals surface area contributed by atoms with Crippen LogP contribution in [0.1, 0.15) is 103 Å². The Kier molecular flexibility index (Phi) is 9.85. The van der Waals surface area contributed by atoms with E-state index in [0.717, 1.165) is 32.1 Å². The van der Waals surface area contributed by atoms with Crippen molar-refractivity contribution in [3.63, 3.8) is 0 Å². The SMILES string of the molecule is CCCCCCCCCCCC[C@H](O)[C@@H]1CCC([C@@H]2CCC(=O)O2)O1. The molecule has 0 aliphatic carbocycles. The lowest BCUT2D eigenvalue weighted by molar-refractivity contribution is -0.148. The van der Waals surface area contributed by atoms with E-state index >= 15 is 0 Å². The highest BCUT2D eigenvalue weighted by molar-refractivity contribution is 5.71. The van der Waals surface area contributed by atoms with E-state index in [4.69, 9.17) is 9.47 Å². The van der Waals surface area contributed by atoms with Crippen molar-refractivity contribution in [1.82, 2.24) is 0 Å². The second-order valence-corrected chi connectivity index (χ2v) is 7.90. The van der Waals surface area contributed by atoms with Gasteiger partial charge >= 0.3 is 5.97 Å². The van der Waals surface area contributed by atoms with Crippen LogP contribution >= 0.6 is 0 Å². The van der Waals surface area contributed by atoms with Crippen LogP contribution in [0.15, 0.2) is 0 Å². The molecule has 0 aromatic carbocycles. The summed E-state index contributed by atoms with van der Waals surface area (Å²) in [5, 5.41) is 10.4. The molecule has 2 heterocycles. The molecule has 0 aromatic rings. The Labute approximate surface area is 153 Å². The molecular weight excluding hydrogens is 316 g/mol. The third-order valence-corrected chi connectivity index (χ3v) is 5.70. The molecule has 0 spiro atoms. The standard InChI is InChI=1S/C21H38O4/c1-2-3-4-5-6-7-8-9-10-11-12-17(22)18-13-14-19(24-18)20-15-16-21(23)25-20/h17-20,22H,2-16H2,1H3/t17-,18-,19?,20-/m0/s1. The zero-order valence-electron chi connectivity index (χ0n) is 16.1. The van der Waals surface area contributed by atoms with Crippen LogP contribution in [-0.4, -0.2) is 35.5 Å². The summed E-state index contributed by atoms with van der Waals surface area (Å²) in [6.45, 7) is 2.26. The lowest BCUT2D eigenvalue weighted by atomic mass is 10.0. The molecule has 0 aromatic heterocycles. The van der Waals surface area contributed by atoms with E-state index in [9.17, 15) is 9.90 Å². The van der Waals surface area contributed by atoms with Gasteiger partial charge in [0.25, 0.3) is 0 Å². The highest BCUT2D eigenvalue weighted by Gasteiger charge is 2.39. The van der Waals surface area contributed by atoms with Gasteiger partial charge in [-0.2, -0.15) is 0 Å². The third kappa shape index (κ3) is 7.65. The topological polar surface area (TPSA) is 55.8 Å². The van der Waals surface area contributed by atoms with Gasteiger partial charge < -0.3 is 14.6 Å². The maximum absolute atomic E-state index is 11.2. The lowest BCUT2D eigenvalue weighted by Gasteiger charge is -2.21. The number of carbonyl (C=O) groups is 1. The minimum atomic E-state index is -0.365. The molecule has 4 atom stereocenters. The largest absolute Gasteiger partial charge is 0.460 e. The van der Waals surface area contributed by atoms with E-state index in [1.807, 2.05) is 0 Å². The minimum Gasteiger partial charge on any atom is -0.460 e. The van der Waals surface area contributed by atoms with Gasteiger partial charge in [-0.05, 0) is 25.7 Å². The van der Waals surface area contributed by atoms with Gasteiger partial charge in [-0.3, -0.25) is 4.79 Å². The molecule has 2 rings (SSSR count). The average Bonchev–Trinajstić information content (AvgIpc) is 3.25. The zero-order valence-corrected chi connectivity index (χ0v) is 16.1. The normalized spacial score (nSPS) is 27.6. The first-order valence-corrected chi connectivity index (χ1v) is 10.7. The monoisotopic (exact) mass is 354 g/mol. The Morgan fingerprint density at radius 2 is 1.56 bits per heavy atom. The Morgan fingerprint density at radius 1 is 0.920 bits per heavy atom. The molecule has 4 heteroatoms. The molecule has 4 nitrogen and oxygen atoms in total. The fraction of sp³-hybridized carbons (Fsp3) is 0.952. The molecule has 25 heavy (non-hydrogen) atoms. The van der Waals surface area contributed by atoms with Gasteiger partial charge in [-0.25, -0.2) is 0 Å². The van der Waals surface area contributed by atoms with Gasteiger partial charge in [0.1, 0.15) is 6.10 Å². The van der Waals surface area contributed by atoms with E-state index in [1.54, 1.807) is 0 Å². The summed E-state index contributed by atoms with van der Waals surface area (Å²) in [5.74, 6) is -0.108. The number of aliphatic hydroxyl groups is 1. The molecule has 1 unspecified atom stereocenters. The second kappa shape index (κ2) is 11.9. The number of unbranched alkanes of at least 4 members (excludes halogenated alkanes) is 9. The van der Waals surface area contributed by atoms with E-state index in [2.05, 4.69) is 6.92 Å². The van der Waals surface area contributed by atoms with Crippen molar-refractivity contribution >= 4 is 5.97 Å². The number of cyclic esters (lactones) is 1. The highest BCUT2D eigenvalue weighted by atomic mass is 16.6. The Bertz CT molecular complexity index is 371. The molecule has 0 amide bonds. The number of carbonyl (C=O) groups excluding carboxylic acids is 1. The first-order valence-electron chi connectivity index (χ1n) is 10.7. The predicted octanol–water partition coefficient (Wildman–Crippen LogP) is 4.91. The molecule has 0 radical (unpaired) electrons. The van der Waals surface area contributed by atoms with Crippen LogP contribution in [0.5, 0.6) is 0 Å². The number of ether oxygens (including phenoxy) is 2. The fourth-order valence-electron chi connectivity index (χ4n) is 4.08. The van der Waals surface area contributed by atoms with Crippen LogP contribution in [0.25, 0.3) is 0 Å². The quantitative estimate of drug-likeness (QED) is 0.377. The van der Waals surface area contributed by atoms with Crippen molar-refractivity contribution in [2.75, 3.05) is 0 Å². The van der Waals surface area contributed by atoms with Crippen LogP contribution in [-0.2, 0) is 14.3 Å². The van der Waals surface area contributed by atoms with Crippen molar-refractivity contribution in [3.8, 4) is 0 Å². The number of aliphatic hydroxyl groups excluding tert-OH is 1. The maximum atomic E-state index is 11.2. The number of hydrogen-bond donors (Lipinski definition) is 1. The highest BCUT2D eigenvalue weighted by Crippen LogP contribution is 2.31. The number of rotatable bonds is 13. The molecule has 2 aliphatic heterocycles. The molecular formula is C21H38O4. The molecule has 0 bridgehead atoms. The summed E-state index contributed by atoms with van der Waals surface area (Å²) in [6, 6.07) is 0. The van der Waals surface area contributed by atoms with Crippen LogP contribution in [0.3, 0.4) is 0 Å². The fourth-order valence-corrected chi connectivity index (χ4v) is 4.08. The number of hydrogen-bond acceptors (Lipinski definition) is 4. The van der Waals surface area contributed by atoms with Gasteiger partial charge in [0.05, 0.1) is 18.3 Å². The van der Waals surface area contributed by atoms with Crippen LogP contribution in [0, 0.1) is 0 Å². The van der Waals surface area contributed by atoms with Gasteiger partial charge in [0.15, 0.2) is 0 Å². The summed E-state index contributed by atoms with van der Waals surface area (Å²) in [4.78, 5) is 11.2. The first-order chi connectivity index (χ1) is 12.2. The maximum Gasteiger partial charge on any atom is 0.306 e. The average molecular weight is 355 g/mol. The van der Waals surface area contributed by atoms with Gasteiger partial charge in [0, 0.05) is 6.42 Å². The van der Waals surface area contributed by atoms with Crippen molar-refractivity contribution in [3.05, 3.63) is 0 Å². The van der Waals surface area contributed by atoms with Gasteiger partial charge in [-0.15, -0.1) is 0 Å². The van der Waals surface area contributed by atoms with Crippen molar-refractivity contribution in [2.24, 2.45) is 0 Å². The van der Waals surface area contributed by atoms with E-state index < -0.39 is 0 Å². The van der Waals surface area contributed by atoms with Gasteiger partial charge in [0.2, 0.25) is 0 Å². The Balaban J connectivity index is 1.45. The molecule has 0 saturated carbocycles. The summed E-state index contributed by atoms with van der Waals surface area (Å²) in [7, 11) is 0. The second-order valence-electron chi connectivity index (χ2n) is 7.90. The predicted molar refractivity (Wildman–Crippen MR) is 99.5 cm³/mol. The summed E-state index contributed by atoms with van der Waals surface area (Å²) in [6.07, 6.45) is 16.5. The van der Waals surface area contributed by atoms with E-state index in [1.165, 1.54) is 57.8 Å². The first kappa shape index (κ1) is 20.7. The molecule has 2 saturated heterocycles.